The van der Waals surface area contributed by atoms with Gasteiger partial charge >= 0.3 is 11.7 Å². The van der Waals surface area contributed by atoms with Crippen molar-refractivity contribution in [3.8, 4) is 0 Å². The first-order valence-electron chi connectivity index (χ1n) is 8.79. The van der Waals surface area contributed by atoms with E-state index in [1.54, 1.807) is 0 Å². The summed E-state index contributed by atoms with van der Waals surface area (Å²) in [5, 5.41) is 10.6. The number of aliphatic hydroxyl groups excluding tert-OH is 1. The molecule has 1 aromatic rings. The predicted molar refractivity (Wildman–Crippen MR) is 99.9 cm³/mol. The third-order valence-electron chi connectivity index (χ3n) is 5.15. The Morgan fingerprint density at radius 2 is 2.00 bits per heavy atom. The summed E-state index contributed by atoms with van der Waals surface area (Å²) in [5.74, 6) is -0.575. The van der Waals surface area contributed by atoms with Crippen molar-refractivity contribution in [1.82, 2.24) is 9.55 Å². The smallest absolute Gasteiger partial charge is 0.330 e. The van der Waals surface area contributed by atoms with Crippen molar-refractivity contribution in [2.45, 2.75) is 70.4 Å². The Morgan fingerprint density at radius 3 is 2.52 bits per heavy atom. The zero-order chi connectivity index (χ0) is 20.6. The summed E-state index contributed by atoms with van der Waals surface area (Å²) in [4.78, 5) is 36.9. The van der Waals surface area contributed by atoms with Gasteiger partial charge in [-0.3, -0.25) is 19.1 Å². The fourth-order valence-electron chi connectivity index (χ4n) is 2.56. The largest absolute Gasteiger partial charge is 0.457 e. The molecule has 0 bridgehead atoms. The zero-order valence-electron chi connectivity index (χ0n) is 16.5. The molecule has 0 spiro atoms. The Balaban J connectivity index is 2.26. The summed E-state index contributed by atoms with van der Waals surface area (Å²) in [5.41, 5.74) is -1.28. The molecule has 0 aliphatic carbocycles. The highest BCUT2D eigenvalue weighted by Gasteiger charge is 2.48. The number of nitrogens with one attached hydrogen (secondary N) is 1. The van der Waals surface area contributed by atoms with Gasteiger partial charge < -0.3 is 19.0 Å². The van der Waals surface area contributed by atoms with Gasteiger partial charge in [-0.15, -0.1) is 0 Å². The average molecular weight is 401 g/mol. The van der Waals surface area contributed by atoms with E-state index >= 15 is 0 Å². The molecule has 1 saturated heterocycles. The number of H-pyrrole nitrogens is 1. The van der Waals surface area contributed by atoms with E-state index in [2.05, 4.69) is 38.8 Å². The van der Waals surface area contributed by atoms with E-state index in [1.165, 1.54) is 13.1 Å². The van der Waals surface area contributed by atoms with E-state index in [-0.39, 0.29) is 11.6 Å². The van der Waals surface area contributed by atoms with Crippen molar-refractivity contribution >= 4 is 14.3 Å². The molecule has 4 atom stereocenters. The van der Waals surface area contributed by atoms with Crippen LogP contribution in [-0.4, -0.2) is 53.9 Å². The number of aromatic nitrogens is 2. The van der Waals surface area contributed by atoms with E-state index in [0.29, 0.717) is 0 Å². The molecule has 0 aromatic carbocycles. The Morgan fingerprint density at radius 1 is 1.37 bits per heavy atom. The molecule has 1 aliphatic heterocycles. The molecule has 0 radical (unpaired) electrons. The molecule has 0 unspecified atom stereocenters. The van der Waals surface area contributed by atoms with Crippen molar-refractivity contribution in [3.63, 3.8) is 0 Å². The van der Waals surface area contributed by atoms with Crippen molar-refractivity contribution in [2.24, 2.45) is 0 Å². The summed E-state index contributed by atoms with van der Waals surface area (Å²) in [6.07, 6.45) is -2.90. The van der Waals surface area contributed by atoms with Crippen LogP contribution in [0.3, 0.4) is 0 Å². The van der Waals surface area contributed by atoms with Gasteiger partial charge in [0.2, 0.25) is 0 Å². The molecular weight excluding hydrogens is 372 g/mol. The molecule has 2 heterocycles. The van der Waals surface area contributed by atoms with Crippen molar-refractivity contribution in [2.75, 3.05) is 6.61 Å². The first-order chi connectivity index (χ1) is 12.3. The van der Waals surface area contributed by atoms with Gasteiger partial charge in [0, 0.05) is 19.2 Å². The summed E-state index contributed by atoms with van der Waals surface area (Å²) in [7, 11) is -2.10. The highest BCUT2D eigenvalue weighted by Crippen LogP contribution is 2.38. The molecule has 27 heavy (non-hydrogen) atoms. The monoisotopic (exact) mass is 400 g/mol. The Labute approximate surface area is 158 Å². The summed E-state index contributed by atoms with van der Waals surface area (Å²) in [6, 6.07) is 1.15. The zero-order valence-corrected chi connectivity index (χ0v) is 17.5. The molecule has 152 valence electrons. The van der Waals surface area contributed by atoms with Crippen LogP contribution >= 0.6 is 0 Å². The van der Waals surface area contributed by atoms with Crippen LogP contribution in [0, 0.1) is 0 Å². The summed E-state index contributed by atoms with van der Waals surface area (Å²) >= 11 is 0. The predicted octanol–water partition coefficient (Wildman–Crippen LogP) is 0.748. The van der Waals surface area contributed by atoms with Crippen LogP contribution in [0.1, 0.15) is 33.9 Å². The maximum absolute atomic E-state index is 12.0. The number of aliphatic hydroxyl groups is 1. The number of aromatic amines is 1. The first kappa shape index (κ1) is 21.5. The average Bonchev–Trinajstić information content (AvgIpc) is 2.80. The lowest BCUT2D eigenvalue weighted by Gasteiger charge is -2.37. The number of rotatable bonds is 5. The van der Waals surface area contributed by atoms with Gasteiger partial charge in [-0.1, -0.05) is 20.8 Å². The second kappa shape index (κ2) is 7.70. The third-order valence-corrected chi connectivity index (χ3v) is 9.65. The second-order valence-electron chi connectivity index (χ2n) is 8.22. The Hall–Kier alpha value is -1.75. The maximum Gasteiger partial charge on any atom is 0.330 e. The quantitative estimate of drug-likeness (QED) is 0.553. The standard InChI is InChI=1S/C17H28N2O7Si/c1-10(20)25-14-11(9-24-27(5,6)17(2,3)4)26-15(13(14)22)19-8-7-12(21)18-16(19)23/h7-8,11,13-15,22H,9H2,1-6H3,(H,18,21,23)/t11-,13-,14-,15-/m1/s1. The SMILES string of the molecule is CC(=O)O[C@H]1[C@@H](O)[C@H](n2ccc(=O)[nH]c2=O)O[C@@H]1CO[Si](C)(C)C(C)(C)C. The third kappa shape index (κ3) is 4.75. The number of hydrogen-bond donors (Lipinski definition) is 2. The molecular formula is C17H28N2O7Si. The van der Waals surface area contributed by atoms with Crippen molar-refractivity contribution in [1.29, 1.82) is 0 Å². The van der Waals surface area contributed by atoms with Gasteiger partial charge in [0.05, 0.1) is 6.61 Å². The molecule has 9 nitrogen and oxygen atoms in total. The van der Waals surface area contributed by atoms with Gasteiger partial charge in [0.15, 0.2) is 20.6 Å². The van der Waals surface area contributed by atoms with Gasteiger partial charge in [-0.05, 0) is 18.1 Å². The lowest BCUT2D eigenvalue weighted by molar-refractivity contribution is -0.153. The maximum atomic E-state index is 12.0. The van der Waals surface area contributed by atoms with E-state index in [4.69, 9.17) is 13.9 Å². The topological polar surface area (TPSA) is 120 Å². The minimum Gasteiger partial charge on any atom is -0.457 e. The lowest BCUT2D eigenvalue weighted by atomic mass is 10.1. The van der Waals surface area contributed by atoms with Crippen molar-refractivity contribution in [3.05, 3.63) is 33.1 Å². The van der Waals surface area contributed by atoms with Gasteiger partial charge in [-0.25, -0.2) is 4.79 Å². The Kier molecular flexibility index (Phi) is 6.15. The highest BCUT2D eigenvalue weighted by molar-refractivity contribution is 6.74. The number of hydrogen-bond acceptors (Lipinski definition) is 7. The highest BCUT2D eigenvalue weighted by atomic mass is 28.4. The summed E-state index contributed by atoms with van der Waals surface area (Å²) in [6.45, 7) is 11.8. The first-order valence-corrected chi connectivity index (χ1v) is 11.7. The number of esters is 1. The van der Waals surface area contributed by atoms with Crippen LogP contribution in [0.15, 0.2) is 21.9 Å². The minimum absolute atomic E-state index is 0.0313. The van der Waals surface area contributed by atoms with Crippen LogP contribution in [0.2, 0.25) is 18.1 Å². The fraction of sp³-hybridized carbons (Fsp3) is 0.706. The molecule has 1 fully saturated rings. The lowest BCUT2D eigenvalue weighted by Crippen LogP contribution is -2.45. The van der Waals surface area contributed by atoms with Gasteiger partial charge in [-0.2, -0.15) is 0 Å². The van der Waals surface area contributed by atoms with E-state index < -0.39 is 50.1 Å². The molecule has 0 amide bonds. The van der Waals surface area contributed by atoms with Crippen molar-refractivity contribution < 1.29 is 23.8 Å². The van der Waals surface area contributed by atoms with Crippen LogP contribution in [0.4, 0.5) is 0 Å². The number of carbonyl (C=O) groups is 1. The number of carbonyl (C=O) groups excluding carboxylic acids is 1. The van der Waals surface area contributed by atoms with E-state index in [9.17, 15) is 19.5 Å². The molecule has 10 heteroatoms. The molecule has 2 rings (SSSR count). The molecule has 2 N–H and O–H groups in total. The summed E-state index contributed by atoms with van der Waals surface area (Å²) < 4.78 is 18.3. The van der Waals surface area contributed by atoms with Crippen LogP contribution in [0.5, 0.6) is 0 Å². The fourth-order valence-corrected chi connectivity index (χ4v) is 3.57. The van der Waals surface area contributed by atoms with Crippen LogP contribution in [-0.2, 0) is 18.7 Å². The minimum atomic E-state index is -2.10. The van der Waals surface area contributed by atoms with Crippen LogP contribution < -0.4 is 11.2 Å². The van der Waals surface area contributed by atoms with Gasteiger partial charge in [0.1, 0.15) is 12.2 Å². The van der Waals surface area contributed by atoms with E-state index in [0.717, 1.165) is 10.6 Å². The normalized spacial score (nSPS) is 26.2. The number of ether oxygens (including phenoxy) is 2. The van der Waals surface area contributed by atoms with E-state index in [1.807, 2.05) is 0 Å². The molecule has 0 saturated carbocycles. The molecule has 1 aromatic heterocycles. The Bertz CT molecular complexity index is 795. The van der Waals surface area contributed by atoms with Gasteiger partial charge in [0.25, 0.3) is 5.56 Å². The van der Waals surface area contributed by atoms with Crippen LogP contribution in [0.25, 0.3) is 0 Å². The number of nitrogens with zero attached hydrogens (tertiary/aromatic N) is 1. The molecule has 1 aliphatic rings. The second-order valence-corrected chi connectivity index (χ2v) is 13.0.